The number of halogens is 1. The zero-order valence-electron chi connectivity index (χ0n) is 17.2. The second-order valence-corrected chi connectivity index (χ2v) is 10.8. The summed E-state index contributed by atoms with van der Waals surface area (Å²) in [5, 5.41) is 2.95. The molecule has 0 aliphatic heterocycles. The molecule has 0 amide bonds. The topological polar surface area (TPSA) is 109 Å². The van der Waals surface area contributed by atoms with Crippen LogP contribution in [0.1, 0.15) is 18.4 Å². The summed E-state index contributed by atoms with van der Waals surface area (Å²) in [6.45, 7) is 0.386. The SMILES string of the molecule is CNCc1cc(-c2ccccc2F)n(S(=O)(=O)c2cccc(NS(=O)(=O)NC3CC3)c2)c1. The fourth-order valence-electron chi connectivity index (χ4n) is 3.30. The van der Waals surface area contributed by atoms with Crippen LogP contribution in [0.3, 0.4) is 0 Å². The van der Waals surface area contributed by atoms with Crippen molar-refractivity contribution in [3.8, 4) is 11.3 Å². The number of aromatic nitrogens is 1. The van der Waals surface area contributed by atoms with Crippen LogP contribution in [0.25, 0.3) is 11.3 Å². The lowest BCUT2D eigenvalue weighted by Gasteiger charge is -2.13. The molecular weight excluding hydrogens is 455 g/mol. The quantitative estimate of drug-likeness (QED) is 0.438. The van der Waals surface area contributed by atoms with Crippen LogP contribution in [0, 0.1) is 5.82 Å². The molecule has 0 spiro atoms. The fraction of sp³-hybridized carbons (Fsp3) is 0.238. The summed E-state index contributed by atoms with van der Waals surface area (Å²) in [6.07, 6.45) is 2.98. The van der Waals surface area contributed by atoms with Gasteiger partial charge in [-0.3, -0.25) is 4.72 Å². The van der Waals surface area contributed by atoms with Gasteiger partial charge in [-0.1, -0.05) is 18.2 Å². The first-order valence-electron chi connectivity index (χ1n) is 9.96. The molecule has 11 heteroatoms. The third-order valence-corrected chi connectivity index (χ3v) is 7.73. The van der Waals surface area contributed by atoms with Crippen molar-refractivity contribution < 1.29 is 21.2 Å². The molecule has 1 saturated carbocycles. The van der Waals surface area contributed by atoms with E-state index in [1.54, 1.807) is 19.2 Å². The monoisotopic (exact) mass is 478 g/mol. The van der Waals surface area contributed by atoms with E-state index >= 15 is 0 Å². The van der Waals surface area contributed by atoms with Gasteiger partial charge >= 0.3 is 0 Å². The number of hydrogen-bond donors (Lipinski definition) is 3. The summed E-state index contributed by atoms with van der Waals surface area (Å²) in [7, 11) is -6.25. The molecule has 1 aliphatic rings. The van der Waals surface area contributed by atoms with Crippen LogP contribution in [0.4, 0.5) is 10.1 Å². The predicted molar refractivity (Wildman–Crippen MR) is 120 cm³/mol. The zero-order valence-corrected chi connectivity index (χ0v) is 18.9. The maximum atomic E-state index is 14.5. The van der Waals surface area contributed by atoms with Crippen molar-refractivity contribution in [1.82, 2.24) is 14.0 Å². The minimum Gasteiger partial charge on any atom is -0.316 e. The van der Waals surface area contributed by atoms with E-state index in [0.29, 0.717) is 12.1 Å². The van der Waals surface area contributed by atoms with Crippen LogP contribution in [-0.4, -0.2) is 33.9 Å². The van der Waals surface area contributed by atoms with Gasteiger partial charge in [0.15, 0.2) is 0 Å². The summed E-state index contributed by atoms with van der Waals surface area (Å²) >= 11 is 0. The molecule has 0 saturated heterocycles. The normalized spacial score (nSPS) is 14.4. The Morgan fingerprint density at radius 2 is 1.78 bits per heavy atom. The van der Waals surface area contributed by atoms with E-state index in [-0.39, 0.29) is 27.9 Å². The molecule has 170 valence electrons. The highest BCUT2D eigenvalue weighted by Gasteiger charge is 2.27. The second kappa shape index (κ2) is 8.66. The van der Waals surface area contributed by atoms with Gasteiger partial charge < -0.3 is 5.32 Å². The van der Waals surface area contributed by atoms with E-state index in [1.807, 2.05) is 0 Å². The molecule has 1 aliphatic carbocycles. The summed E-state index contributed by atoms with van der Waals surface area (Å²) < 4.78 is 71.7. The van der Waals surface area contributed by atoms with Gasteiger partial charge in [-0.25, -0.2) is 16.8 Å². The molecule has 2 aromatic carbocycles. The van der Waals surface area contributed by atoms with Crippen molar-refractivity contribution in [3.05, 3.63) is 72.2 Å². The van der Waals surface area contributed by atoms with E-state index in [0.717, 1.165) is 16.8 Å². The molecule has 1 fully saturated rings. The average Bonchev–Trinajstić information content (AvgIpc) is 3.43. The van der Waals surface area contributed by atoms with Gasteiger partial charge in [0.25, 0.3) is 20.2 Å². The molecule has 1 aromatic heterocycles. The highest BCUT2D eigenvalue weighted by Crippen LogP contribution is 2.30. The van der Waals surface area contributed by atoms with E-state index in [4.69, 9.17) is 0 Å². The Morgan fingerprint density at radius 3 is 2.47 bits per heavy atom. The lowest BCUT2D eigenvalue weighted by molar-refractivity contribution is 0.584. The van der Waals surface area contributed by atoms with Crippen molar-refractivity contribution in [2.45, 2.75) is 30.3 Å². The average molecular weight is 479 g/mol. The Morgan fingerprint density at radius 1 is 1.03 bits per heavy atom. The molecule has 0 bridgehead atoms. The first-order valence-corrected chi connectivity index (χ1v) is 12.9. The molecular formula is C21H23FN4O4S2. The molecule has 3 N–H and O–H groups in total. The van der Waals surface area contributed by atoms with Gasteiger partial charge in [0.1, 0.15) is 5.82 Å². The minimum absolute atomic E-state index is 0.0896. The third kappa shape index (κ3) is 4.85. The van der Waals surface area contributed by atoms with Crippen molar-refractivity contribution in [3.63, 3.8) is 0 Å². The lowest BCUT2D eigenvalue weighted by atomic mass is 10.1. The Bertz CT molecular complexity index is 1350. The molecule has 0 unspecified atom stereocenters. The Balaban J connectivity index is 1.74. The maximum Gasteiger partial charge on any atom is 0.299 e. The van der Waals surface area contributed by atoms with Gasteiger partial charge in [-0.15, -0.1) is 0 Å². The number of nitrogens with one attached hydrogen (secondary N) is 3. The largest absolute Gasteiger partial charge is 0.316 e. The van der Waals surface area contributed by atoms with E-state index in [2.05, 4.69) is 14.8 Å². The number of hydrogen-bond acceptors (Lipinski definition) is 5. The third-order valence-electron chi connectivity index (χ3n) is 4.92. The minimum atomic E-state index is -4.15. The fourth-order valence-corrected chi connectivity index (χ4v) is 5.91. The first-order chi connectivity index (χ1) is 15.2. The highest BCUT2D eigenvalue weighted by atomic mass is 32.2. The van der Waals surface area contributed by atoms with Crippen molar-refractivity contribution in [2.75, 3.05) is 11.8 Å². The van der Waals surface area contributed by atoms with E-state index < -0.39 is 26.0 Å². The molecule has 1 heterocycles. The molecule has 0 atom stereocenters. The van der Waals surface area contributed by atoms with Crippen LogP contribution in [-0.2, 0) is 26.8 Å². The number of anilines is 1. The van der Waals surface area contributed by atoms with E-state index in [9.17, 15) is 21.2 Å². The summed E-state index contributed by atoms with van der Waals surface area (Å²) in [5.74, 6) is -0.550. The van der Waals surface area contributed by atoms with Crippen molar-refractivity contribution in [1.29, 1.82) is 0 Å². The maximum absolute atomic E-state index is 14.5. The van der Waals surface area contributed by atoms with Gasteiger partial charge in [-0.2, -0.15) is 13.1 Å². The number of rotatable bonds is 9. The molecule has 3 aromatic rings. The summed E-state index contributed by atoms with van der Waals surface area (Å²) in [5.41, 5.74) is 1.08. The lowest BCUT2D eigenvalue weighted by Crippen LogP contribution is -2.31. The predicted octanol–water partition coefficient (Wildman–Crippen LogP) is 2.66. The Kier molecular flexibility index (Phi) is 6.08. The molecule has 4 rings (SSSR count). The van der Waals surface area contributed by atoms with Crippen molar-refractivity contribution >= 4 is 25.9 Å². The molecule has 0 radical (unpaired) electrons. The van der Waals surface area contributed by atoms with Gasteiger partial charge in [-0.05, 0) is 61.9 Å². The van der Waals surface area contributed by atoms with Crippen LogP contribution in [0.5, 0.6) is 0 Å². The first kappa shape index (κ1) is 22.5. The second-order valence-electron chi connectivity index (χ2n) is 7.57. The summed E-state index contributed by atoms with van der Waals surface area (Å²) in [6, 6.07) is 13.0. The molecule has 8 nitrogen and oxygen atoms in total. The molecule has 32 heavy (non-hydrogen) atoms. The highest BCUT2D eigenvalue weighted by molar-refractivity contribution is 7.91. The standard InChI is InChI=1S/C21H23FN4O4S2/c1-23-13-15-11-21(19-7-2-3-8-20(19)22)26(14-15)31(27,28)18-6-4-5-17(12-18)25-32(29,30)24-16-9-10-16/h2-8,11-12,14,16,23-25H,9-10,13H2,1H3. The number of nitrogens with zero attached hydrogens (tertiary/aromatic N) is 1. The van der Waals surface area contributed by atoms with Crippen LogP contribution >= 0.6 is 0 Å². The van der Waals surface area contributed by atoms with Gasteiger partial charge in [0, 0.05) is 24.3 Å². The zero-order chi connectivity index (χ0) is 22.9. The van der Waals surface area contributed by atoms with Crippen LogP contribution in [0.2, 0.25) is 0 Å². The van der Waals surface area contributed by atoms with Crippen LogP contribution in [0.15, 0.2) is 65.7 Å². The Labute approximate surface area is 186 Å². The van der Waals surface area contributed by atoms with Gasteiger partial charge in [0.05, 0.1) is 16.3 Å². The Hall–Kier alpha value is -2.73. The van der Waals surface area contributed by atoms with Gasteiger partial charge in [0.2, 0.25) is 0 Å². The smallest absolute Gasteiger partial charge is 0.299 e. The van der Waals surface area contributed by atoms with E-state index in [1.165, 1.54) is 48.7 Å². The number of benzene rings is 2. The summed E-state index contributed by atoms with van der Waals surface area (Å²) in [4.78, 5) is -0.131. The van der Waals surface area contributed by atoms with Crippen molar-refractivity contribution in [2.24, 2.45) is 0 Å². The van der Waals surface area contributed by atoms with Crippen LogP contribution < -0.4 is 14.8 Å².